The summed E-state index contributed by atoms with van der Waals surface area (Å²) in [6.07, 6.45) is 6.58. The van der Waals surface area contributed by atoms with Gasteiger partial charge >= 0.3 is 0 Å². The Morgan fingerprint density at radius 3 is 2.50 bits per heavy atom. The van der Waals surface area contributed by atoms with Gasteiger partial charge in [-0.25, -0.2) is 4.39 Å². The lowest BCUT2D eigenvalue weighted by molar-refractivity contribution is -0.116. The van der Waals surface area contributed by atoms with Gasteiger partial charge in [0.25, 0.3) is 5.91 Å². The van der Waals surface area contributed by atoms with Crippen molar-refractivity contribution < 1.29 is 14.0 Å². The summed E-state index contributed by atoms with van der Waals surface area (Å²) in [4.78, 5) is 24.6. The van der Waals surface area contributed by atoms with E-state index < -0.39 is 11.7 Å². The molecule has 0 radical (unpaired) electrons. The highest BCUT2D eigenvalue weighted by Gasteiger charge is 2.16. The minimum atomic E-state index is -0.427. The Kier molecular flexibility index (Phi) is 5.46. The number of halogens is 1. The first-order valence-electron chi connectivity index (χ1n) is 8.66. The second-order valence-corrected chi connectivity index (χ2v) is 6.48. The Morgan fingerprint density at radius 1 is 1.12 bits per heavy atom. The molecule has 4 nitrogen and oxygen atoms in total. The van der Waals surface area contributed by atoms with Gasteiger partial charge in [-0.1, -0.05) is 30.4 Å². The highest BCUT2D eigenvalue weighted by Crippen LogP contribution is 2.25. The zero-order valence-corrected chi connectivity index (χ0v) is 14.6. The van der Waals surface area contributed by atoms with Crippen LogP contribution in [-0.4, -0.2) is 11.8 Å². The van der Waals surface area contributed by atoms with Crippen LogP contribution in [0.4, 0.5) is 15.8 Å². The standard InChI is InChI=1S/C21H21FN2O2/c1-14-10-11-16(13-17(14)22)21(26)24-19-9-5-4-8-18(19)23-20(25)12-15-6-2-3-7-15/h2,4-6,8-11,13,15H,3,7,12H2,1H3,(H,23,25)(H,24,26). The van der Waals surface area contributed by atoms with Gasteiger partial charge in [-0.15, -0.1) is 0 Å². The number of nitrogens with one attached hydrogen (secondary N) is 2. The van der Waals surface area contributed by atoms with Crippen LogP contribution in [0, 0.1) is 18.7 Å². The summed E-state index contributed by atoms with van der Waals surface area (Å²) in [6, 6.07) is 11.3. The summed E-state index contributed by atoms with van der Waals surface area (Å²) < 4.78 is 13.7. The first kappa shape index (κ1) is 17.9. The molecule has 134 valence electrons. The Hall–Kier alpha value is -2.95. The number of hydrogen-bond acceptors (Lipinski definition) is 2. The molecule has 26 heavy (non-hydrogen) atoms. The number of carbonyl (C=O) groups is 2. The van der Waals surface area contributed by atoms with Crippen molar-refractivity contribution in [3.05, 3.63) is 71.6 Å². The van der Waals surface area contributed by atoms with E-state index in [0.717, 1.165) is 12.8 Å². The van der Waals surface area contributed by atoms with E-state index in [1.54, 1.807) is 43.3 Å². The molecule has 5 heteroatoms. The molecular formula is C21H21FN2O2. The van der Waals surface area contributed by atoms with Crippen molar-refractivity contribution in [3.8, 4) is 0 Å². The van der Waals surface area contributed by atoms with Crippen molar-refractivity contribution in [2.24, 2.45) is 5.92 Å². The molecule has 0 spiro atoms. The maximum Gasteiger partial charge on any atom is 0.255 e. The van der Waals surface area contributed by atoms with Crippen LogP contribution in [0.2, 0.25) is 0 Å². The third kappa shape index (κ3) is 4.36. The number of para-hydroxylation sites is 2. The largest absolute Gasteiger partial charge is 0.324 e. The molecular weight excluding hydrogens is 331 g/mol. The molecule has 0 bridgehead atoms. The summed E-state index contributed by atoms with van der Waals surface area (Å²) >= 11 is 0. The number of anilines is 2. The van der Waals surface area contributed by atoms with Gasteiger partial charge in [0.15, 0.2) is 0 Å². The fourth-order valence-electron chi connectivity index (χ4n) is 2.93. The topological polar surface area (TPSA) is 58.2 Å². The lowest BCUT2D eigenvalue weighted by atomic mass is 10.0. The summed E-state index contributed by atoms with van der Waals surface area (Å²) in [7, 11) is 0. The maximum absolute atomic E-state index is 13.7. The second-order valence-electron chi connectivity index (χ2n) is 6.48. The van der Waals surface area contributed by atoms with Gasteiger partial charge in [-0.05, 0) is 55.5 Å². The molecule has 0 aromatic heterocycles. The lowest BCUT2D eigenvalue weighted by Gasteiger charge is -2.14. The summed E-state index contributed by atoms with van der Waals surface area (Å²) in [5.41, 5.74) is 1.72. The van der Waals surface area contributed by atoms with E-state index in [4.69, 9.17) is 0 Å². The van der Waals surface area contributed by atoms with Crippen LogP contribution in [0.25, 0.3) is 0 Å². The second kappa shape index (κ2) is 7.95. The molecule has 2 aromatic rings. The average Bonchev–Trinajstić information content (AvgIpc) is 3.11. The maximum atomic E-state index is 13.7. The van der Waals surface area contributed by atoms with Crippen molar-refractivity contribution in [1.82, 2.24) is 0 Å². The Labute approximate surface area is 152 Å². The third-order valence-corrected chi connectivity index (χ3v) is 4.44. The van der Waals surface area contributed by atoms with Gasteiger partial charge < -0.3 is 10.6 Å². The highest BCUT2D eigenvalue weighted by molar-refractivity contribution is 6.07. The van der Waals surface area contributed by atoms with Crippen LogP contribution < -0.4 is 10.6 Å². The van der Waals surface area contributed by atoms with Crippen LogP contribution in [0.1, 0.15) is 35.2 Å². The molecule has 1 aliphatic rings. The van der Waals surface area contributed by atoms with Gasteiger partial charge in [0.05, 0.1) is 11.4 Å². The van der Waals surface area contributed by atoms with Crippen molar-refractivity contribution in [2.75, 3.05) is 10.6 Å². The molecule has 3 rings (SSSR count). The number of hydrogen-bond donors (Lipinski definition) is 2. The molecule has 0 aliphatic heterocycles. The average molecular weight is 352 g/mol. The SMILES string of the molecule is Cc1ccc(C(=O)Nc2ccccc2NC(=O)CC2C=CCC2)cc1F. The fourth-order valence-corrected chi connectivity index (χ4v) is 2.93. The zero-order chi connectivity index (χ0) is 18.5. The third-order valence-electron chi connectivity index (χ3n) is 4.44. The first-order valence-corrected chi connectivity index (χ1v) is 8.66. The molecule has 2 N–H and O–H groups in total. The van der Waals surface area contributed by atoms with E-state index >= 15 is 0 Å². The van der Waals surface area contributed by atoms with Gasteiger partial charge in [-0.2, -0.15) is 0 Å². The molecule has 1 unspecified atom stereocenters. The minimum absolute atomic E-state index is 0.0929. The first-order chi connectivity index (χ1) is 12.5. The predicted octanol–water partition coefficient (Wildman–Crippen LogP) is 4.68. The Morgan fingerprint density at radius 2 is 1.85 bits per heavy atom. The van der Waals surface area contributed by atoms with Gasteiger partial charge in [-0.3, -0.25) is 9.59 Å². The smallest absolute Gasteiger partial charge is 0.255 e. The lowest BCUT2D eigenvalue weighted by Crippen LogP contribution is -2.18. The van der Waals surface area contributed by atoms with E-state index in [0.29, 0.717) is 23.4 Å². The molecule has 2 amide bonds. The summed E-state index contributed by atoms with van der Waals surface area (Å²) in [5.74, 6) is -0.676. The Bertz CT molecular complexity index is 861. The number of allylic oxidation sites excluding steroid dienone is 2. The molecule has 0 heterocycles. The van der Waals surface area contributed by atoms with Crippen LogP contribution >= 0.6 is 0 Å². The van der Waals surface area contributed by atoms with Gasteiger partial charge in [0.1, 0.15) is 5.82 Å². The zero-order valence-electron chi connectivity index (χ0n) is 14.6. The van der Waals surface area contributed by atoms with Crippen LogP contribution in [0.5, 0.6) is 0 Å². The van der Waals surface area contributed by atoms with Gasteiger partial charge in [0.2, 0.25) is 5.91 Å². The molecule has 1 aliphatic carbocycles. The monoisotopic (exact) mass is 352 g/mol. The number of benzene rings is 2. The number of carbonyl (C=O) groups excluding carboxylic acids is 2. The van der Waals surface area contributed by atoms with E-state index in [2.05, 4.69) is 22.8 Å². The van der Waals surface area contributed by atoms with Crippen molar-refractivity contribution in [2.45, 2.75) is 26.2 Å². The Balaban J connectivity index is 1.70. The van der Waals surface area contributed by atoms with Gasteiger partial charge in [0, 0.05) is 12.0 Å². The van der Waals surface area contributed by atoms with E-state index in [9.17, 15) is 14.0 Å². The summed E-state index contributed by atoms with van der Waals surface area (Å²) in [6.45, 7) is 1.64. The normalized spacial score (nSPS) is 15.7. The van der Waals surface area contributed by atoms with Crippen molar-refractivity contribution in [1.29, 1.82) is 0 Å². The summed E-state index contributed by atoms with van der Waals surface area (Å²) in [5, 5.41) is 5.59. The molecule has 0 fully saturated rings. The number of rotatable bonds is 5. The highest BCUT2D eigenvalue weighted by atomic mass is 19.1. The van der Waals surface area contributed by atoms with Crippen LogP contribution in [-0.2, 0) is 4.79 Å². The number of aryl methyl sites for hydroxylation is 1. The fraction of sp³-hybridized carbons (Fsp3) is 0.238. The van der Waals surface area contributed by atoms with Crippen molar-refractivity contribution >= 4 is 23.2 Å². The number of amides is 2. The minimum Gasteiger partial charge on any atom is -0.324 e. The molecule has 0 saturated heterocycles. The van der Waals surface area contributed by atoms with Crippen LogP contribution in [0.15, 0.2) is 54.6 Å². The molecule has 2 aromatic carbocycles. The van der Waals surface area contributed by atoms with E-state index in [-0.39, 0.29) is 17.4 Å². The van der Waals surface area contributed by atoms with Crippen molar-refractivity contribution in [3.63, 3.8) is 0 Å². The predicted molar refractivity (Wildman–Crippen MR) is 101 cm³/mol. The quantitative estimate of drug-likeness (QED) is 0.768. The molecule has 0 saturated carbocycles. The van der Waals surface area contributed by atoms with E-state index in [1.165, 1.54) is 6.07 Å². The van der Waals surface area contributed by atoms with E-state index in [1.807, 2.05) is 0 Å². The van der Waals surface area contributed by atoms with Crippen LogP contribution in [0.3, 0.4) is 0 Å². The molecule has 1 atom stereocenters.